The summed E-state index contributed by atoms with van der Waals surface area (Å²) in [5.41, 5.74) is 3.42. The number of benzene rings is 4. The van der Waals surface area contributed by atoms with E-state index in [0.29, 0.717) is 21.2 Å². The third-order valence-electron chi connectivity index (χ3n) is 8.83. The summed E-state index contributed by atoms with van der Waals surface area (Å²) in [6.07, 6.45) is 0.00253. The van der Waals surface area contributed by atoms with Gasteiger partial charge in [-0.15, -0.1) is 0 Å². The van der Waals surface area contributed by atoms with Gasteiger partial charge in [0.1, 0.15) is 5.78 Å². The molecule has 0 aromatic heterocycles. The molecular formula is C34H32Cl2N2O5S2. The minimum Gasteiger partial charge on any atom is -0.299 e. The first-order valence-electron chi connectivity index (χ1n) is 14.6. The highest BCUT2D eigenvalue weighted by molar-refractivity contribution is 7.89. The second-order valence-electron chi connectivity index (χ2n) is 11.8. The smallest absolute Gasteiger partial charge is 0.243 e. The molecule has 0 saturated carbocycles. The van der Waals surface area contributed by atoms with Crippen molar-refractivity contribution in [3.8, 4) is 0 Å². The van der Waals surface area contributed by atoms with Crippen molar-refractivity contribution < 1.29 is 21.6 Å². The number of hydrogen-bond acceptors (Lipinski definition) is 5. The second kappa shape index (κ2) is 12.3. The molecule has 2 heterocycles. The quantitative estimate of drug-likeness (QED) is 0.216. The Bertz CT molecular complexity index is 1930. The molecule has 4 aromatic rings. The molecule has 0 radical (unpaired) electrons. The van der Waals surface area contributed by atoms with Crippen molar-refractivity contribution in [3.05, 3.63) is 129 Å². The number of sulfonamides is 2. The Kier molecular flexibility index (Phi) is 8.71. The molecule has 2 aliphatic rings. The van der Waals surface area contributed by atoms with Gasteiger partial charge < -0.3 is 0 Å². The fourth-order valence-corrected chi connectivity index (χ4v) is 10.2. The van der Waals surface area contributed by atoms with Gasteiger partial charge in [0.2, 0.25) is 20.0 Å². The van der Waals surface area contributed by atoms with Crippen LogP contribution in [0.25, 0.3) is 0 Å². The van der Waals surface area contributed by atoms with E-state index in [0.717, 1.165) is 11.1 Å². The van der Waals surface area contributed by atoms with E-state index in [-0.39, 0.29) is 35.0 Å². The van der Waals surface area contributed by atoms with Gasteiger partial charge in [-0.25, -0.2) is 16.8 Å². The number of halogens is 2. The van der Waals surface area contributed by atoms with Gasteiger partial charge in [-0.3, -0.25) is 4.79 Å². The molecule has 0 spiro atoms. The van der Waals surface area contributed by atoms with E-state index in [2.05, 4.69) is 0 Å². The largest absolute Gasteiger partial charge is 0.299 e. The summed E-state index contributed by atoms with van der Waals surface area (Å²) in [4.78, 5) is 14.1. The fraction of sp³-hybridized carbons (Fsp3) is 0.265. The fourth-order valence-electron chi connectivity index (χ4n) is 6.44. The Morgan fingerprint density at radius 1 is 0.622 bits per heavy atom. The molecule has 4 aromatic carbocycles. The van der Waals surface area contributed by atoms with Gasteiger partial charge in [0.05, 0.1) is 21.9 Å². The summed E-state index contributed by atoms with van der Waals surface area (Å²) in [7, 11) is -8.26. The lowest BCUT2D eigenvalue weighted by Gasteiger charge is -2.51. The summed E-state index contributed by atoms with van der Waals surface area (Å²) in [6.45, 7) is 3.71. The van der Waals surface area contributed by atoms with Crippen molar-refractivity contribution in [1.82, 2.24) is 8.61 Å². The molecule has 0 N–H and O–H groups in total. The number of aryl methyl sites for hydroxylation is 2. The lowest BCUT2D eigenvalue weighted by atomic mass is 9.77. The van der Waals surface area contributed by atoms with Crippen molar-refractivity contribution in [2.45, 2.75) is 54.6 Å². The molecule has 0 amide bonds. The molecule has 6 rings (SSSR count). The van der Waals surface area contributed by atoms with Crippen LogP contribution in [0.15, 0.2) is 107 Å². The normalized spacial score (nSPS) is 23.1. The van der Waals surface area contributed by atoms with Crippen LogP contribution < -0.4 is 0 Å². The lowest BCUT2D eigenvalue weighted by Crippen LogP contribution is -2.60. The van der Waals surface area contributed by atoms with Crippen LogP contribution in [0.4, 0.5) is 0 Å². The van der Waals surface area contributed by atoms with Crippen LogP contribution in [0.1, 0.15) is 47.2 Å². The number of hydrogen-bond donors (Lipinski definition) is 0. The predicted octanol–water partition coefficient (Wildman–Crippen LogP) is 7.14. The zero-order chi connectivity index (χ0) is 32.1. The van der Waals surface area contributed by atoms with Crippen LogP contribution >= 0.6 is 23.2 Å². The maximum atomic E-state index is 14.6. The zero-order valence-corrected chi connectivity index (χ0v) is 27.8. The molecule has 2 saturated heterocycles. The van der Waals surface area contributed by atoms with Gasteiger partial charge in [-0.1, -0.05) is 82.9 Å². The van der Waals surface area contributed by atoms with Gasteiger partial charge in [0, 0.05) is 35.0 Å². The molecule has 0 bridgehead atoms. The topological polar surface area (TPSA) is 91.8 Å². The molecule has 0 aliphatic carbocycles. The Morgan fingerprint density at radius 3 is 1.56 bits per heavy atom. The van der Waals surface area contributed by atoms with Gasteiger partial charge in [0.15, 0.2) is 0 Å². The summed E-state index contributed by atoms with van der Waals surface area (Å²) in [5, 5.41) is 0.797. The van der Waals surface area contributed by atoms with E-state index in [1.807, 2.05) is 62.4 Å². The predicted molar refractivity (Wildman–Crippen MR) is 175 cm³/mol. The molecule has 234 valence electrons. The maximum absolute atomic E-state index is 14.6. The van der Waals surface area contributed by atoms with Crippen LogP contribution in [0.5, 0.6) is 0 Å². The third-order valence-corrected chi connectivity index (χ3v) is 13.2. The minimum atomic E-state index is -4.16. The monoisotopic (exact) mass is 682 g/mol. The lowest BCUT2D eigenvalue weighted by molar-refractivity contribution is -0.132. The third kappa shape index (κ3) is 6.10. The van der Waals surface area contributed by atoms with Crippen LogP contribution in [-0.4, -0.2) is 43.8 Å². The summed E-state index contributed by atoms with van der Waals surface area (Å²) < 4.78 is 60.3. The van der Waals surface area contributed by atoms with Gasteiger partial charge in [-0.05, 0) is 79.9 Å². The van der Waals surface area contributed by atoms with E-state index >= 15 is 0 Å². The molecule has 2 aliphatic heterocycles. The van der Waals surface area contributed by atoms with Gasteiger partial charge in [-0.2, -0.15) is 8.61 Å². The Hall–Kier alpha value is -3.05. The highest BCUT2D eigenvalue weighted by Gasteiger charge is 2.54. The molecule has 11 heteroatoms. The number of Topliss-reactive ketones (excluding diaryl/α,β-unsaturated/α-hetero) is 1. The number of carbonyl (C=O) groups excluding carboxylic acids is 1. The van der Waals surface area contributed by atoms with Crippen molar-refractivity contribution in [2.24, 2.45) is 5.92 Å². The number of carbonyl (C=O) groups is 1. The van der Waals surface area contributed by atoms with E-state index in [1.54, 1.807) is 0 Å². The van der Waals surface area contributed by atoms with Crippen molar-refractivity contribution in [1.29, 1.82) is 0 Å². The Balaban J connectivity index is 1.51. The van der Waals surface area contributed by atoms with E-state index < -0.39 is 44.1 Å². The molecule has 2 fully saturated rings. The van der Waals surface area contributed by atoms with Crippen LogP contribution in [0, 0.1) is 19.8 Å². The van der Waals surface area contributed by atoms with Crippen LogP contribution in [0.3, 0.4) is 0 Å². The summed E-state index contributed by atoms with van der Waals surface area (Å²) >= 11 is 12.2. The summed E-state index contributed by atoms with van der Waals surface area (Å²) in [6, 6.07) is 24.6. The zero-order valence-electron chi connectivity index (χ0n) is 24.7. The van der Waals surface area contributed by atoms with Gasteiger partial charge in [0.25, 0.3) is 0 Å². The second-order valence-corrected chi connectivity index (χ2v) is 16.4. The van der Waals surface area contributed by atoms with Crippen molar-refractivity contribution in [2.75, 3.05) is 6.54 Å². The Morgan fingerprint density at radius 2 is 1.07 bits per heavy atom. The van der Waals surface area contributed by atoms with E-state index in [4.69, 9.17) is 23.2 Å². The average molecular weight is 684 g/mol. The van der Waals surface area contributed by atoms with E-state index in [1.165, 1.54) is 57.1 Å². The molecule has 2 unspecified atom stereocenters. The first-order valence-corrected chi connectivity index (χ1v) is 18.2. The standard InChI is InChI=1S/C34H32Cl2N2O5S2/c1-22-3-7-24(8-4-22)31-19-33-30(21-37(31)44(40,41)28-15-11-26(35)12-16-28)34(39)20-32(25-9-5-23(2)6-10-25)38(33)45(42,43)29-17-13-27(36)14-18-29/h3-18,30-33H,19-21H2,1-2H3/t30-,31?,32?,33+/m1/s1. The van der Waals surface area contributed by atoms with Crippen LogP contribution in [-0.2, 0) is 24.8 Å². The minimum absolute atomic E-state index is 0.0499. The van der Waals surface area contributed by atoms with Gasteiger partial charge >= 0.3 is 0 Å². The first kappa shape index (κ1) is 31.9. The molecule has 45 heavy (non-hydrogen) atoms. The average Bonchev–Trinajstić information content (AvgIpc) is 3.01. The number of fused-ring (bicyclic) bond motifs is 1. The van der Waals surface area contributed by atoms with E-state index in [9.17, 15) is 21.6 Å². The highest BCUT2D eigenvalue weighted by Crippen LogP contribution is 2.48. The first-order chi connectivity index (χ1) is 21.4. The van der Waals surface area contributed by atoms with Crippen molar-refractivity contribution >= 4 is 49.0 Å². The highest BCUT2D eigenvalue weighted by atomic mass is 35.5. The SMILES string of the molecule is Cc1ccc(C2C[C@H]3[C@@H](CN2S(=O)(=O)c2ccc(Cl)cc2)C(=O)CC(c2ccc(C)cc2)N3S(=O)(=O)c2ccc(Cl)cc2)cc1. The number of ketones is 1. The summed E-state index contributed by atoms with van der Waals surface area (Å²) in [5.74, 6) is -1.05. The number of rotatable bonds is 6. The Labute approximate surface area is 274 Å². The number of piperidine rings is 2. The number of nitrogens with zero attached hydrogens (tertiary/aromatic N) is 2. The van der Waals surface area contributed by atoms with Crippen LogP contribution in [0.2, 0.25) is 10.0 Å². The maximum Gasteiger partial charge on any atom is 0.243 e. The molecular weight excluding hydrogens is 651 g/mol. The molecule has 7 nitrogen and oxygen atoms in total. The van der Waals surface area contributed by atoms with Crippen molar-refractivity contribution in [3.63, 3.8) is 0 Å². The molecule has 4 atom stereocenters.